The zero-order chi connectivity index (χ0) is 12.1. The van der Waals surface area contributed by atoms with Crippen molar-refractivity contribution in [2.45, 2.75) is 19.9 Å². The van der Waals surface area contributed by atoms with Gasteiger partial charge in [-0.3, -0.25) is 0 Å². The molecule has 2 rings (SSSR count). The summed E-state index contributed by atoms with van der Waals surface area (Å²) < 4.78 is 1.04. The predicted molar refractivity (Wildman–Crippen MR) is 77.9 cm³/mol. The minimum Gasteiger partial charge on any atom is -0.365 e. The van der Waals surface area contributed by atoms with E-state index < -0.39 is 0 Å². The van der Waals surface area contributed by atoms with E-state index in [9.17, 15) is 0 Å². The minimum atomic E-state index is 0.789. The number of hydrogen-bond acceptors (Lipinski definition) is 3. The lowest BCUT2D eigenvalue weighted by Crippen LogP contribution is -2.03. The molecule has 0 fully saturated rings. The van der Waals surface area contributed by atoms with Gasteiger partial charge in [-0.1, -0.05) is 31.2 Å². The summed E-state index contributed by atoms with van der Waals surface area (Å²) in [7, 11) is 0. The van der Waals surface area contributed by atoms with E-state index >= 15 is 0 Å². The fourth-order valence-electron chi connectivity index (χ4n) is 1.52. The predicted octanol–water partition coefficient (Wildman–Crippen LogP) is 3.26. The molecule has 0 aliphatic rings. The van der Waals surface area contributed by atoms with Crippen LogP contribution in [0.15, 0.2) is 36.8 Å². The molecule has 1 heterocycles. The molecule has 0 atom stereocenters. The van der Waals surface area contributed by atoms with Crippen molar-refractivity contribution in [2.24, 2.45) is 0 Å². The highest BCUT2D eigenvalue weighted by molar-refractivity contribution is 14.1. The van der Waals surface area contributed by atoms with Gasteiger partial charge in [-0.05, 0) is 40.1 Å². The summed E-state index contributed by atoms with van der Waals surface area (Å²) in [5.74, 6) is 0.889. The fourth-order valence-corrected chi connectivity index (χ4v) is 2.01. The highest BCUT2D eigenvalue weighted by Gasteiger charge is 2.00. The van der Waals surface area contributed by atoms with Gasteiger partial charge in [-0.15, -0.1) is 0 Å². The van der Waals surface area contributed by atoms with Crippen molar-refractivity contribution in [2.75, 3.05) is 5.32 Å². The van der Waals surface area contributed by atoms with Crippen molar-refractivity contribution in [1.29, 1.82) is 0 Å². The van der Waals surface area contributed by atoms with Gasteiger partial charge in [-0.2, -0.15) is 0 Å². The Balaban J connectivity index is 2.00. The van der Waals surface area contributed by atoms with Crippen molar-refractivity contribution in [1.82, 2.24) is 9.97 Å². The molecular weight excluding hydrogens is 325 g/mol. The first-order valence-corrected chi connectivity index (χ1v) is 6.64. The Labute approximate surface area is 115 Å². The molecule has 1 aromatic carbocycles. The fraction of sp³-hybridized carbons (Fsp3) is 0.231. The number of aryl methyl sites for hydroxylation is 1. The number of benzene rings is 1. The molecule has 2 aromatic rings. The van der Waals surface area contributed by atoms with Crippen LogP contribution in [0, 0.1) is 3.57 Å². The maximum atomic E-state index is 4.20. The molecule has 3 nitrogen and oxygen atoms in total. The number of aromatic nitrogens is 2. The molecule has 1 N–H and O–H groups in total. The van der Waals surface area contributed by atoms with Crippen molar-refractivity contribution in [3.8, 4) is 0 Å². The normalized spacial score (nSPS) is 10.2. The lowest BCUT2D eigenvalue weighted by Gasteiger charge is -2.07. The quantitative estimate of drug-likeness (QED) is 0.869. The van der Waals surface area contributed by atoms with Gasteiger partial charge in [0, 0.05) is 12.7 Å². The summed E-state index contributed by atoms with van der Waals surface area (Å²) in [6, 6.07) is 8.64. The van der Waals surface area contributed by atoms with Crippen LogP contribution in [0.4, 0.5) is 5.82 Å². The Morgan fingerprint density at radius 1 is 1.18 bits per heavy atom. The summed E-state index contributed by atoms with van der Waals surface area (Å²) in [4.78, 5) is 8.16. The Morgan fingerprint density at radius 3 is 2.53 bits per heavy atom. The smallest absolute Gasteiger partial charge is 0.143 e. The van der Waals surface area contributed by atoms with Gasteiger partial charge in [0.25, 0.3) is 0 Å². The first kappa shape index (κ1) is 12.3. The SMILES string of the molecule is CCc1ccc(CNc2ncncc2I)cc1. The molecule has 0 unspecified atom stereocenters. The lowest BCUT2D eigenvalue weighted by molar-refractivity contribution is 1.06. The zero-order valence-electron chi connectivity index (χ0n) is 9.65. The maximum absolute atomic E-state index is 4.20. The number of halogens is 1. The van der Waals surface area contributed by atoms with E-state index in [0.717, 1.165) is 22.4 Å². The number of nitrogens with zero attached hydrogens (tertiary/aromatic N) is 2. The molecule has 0 amide bonds. The lowest BCUT2D eigenvalue weighted by atomic mass is 10.1. The topological polar surface area (TPSA) is 37.8 Å². The minimum absolute atomic E-state index is 0.789. The van der Waals surface area contributed by atoms with E-state index in [1.54, 1.807) is 12.5 Å². The van der Waals surface area contributed by atoms with Crippen LogP contribution >= 0.6 is 22.6 Å². The van der Waals surface area contributed by atoms with Gasteiger partial charge in [0.2, 0.25) is 0 Å². The molecule has 4 heteroatoms. The molecule has 0 radical (unpaired) electrons. The largest absolute Gasteiger partial charge is 0.365 e. The third-order valence-electron chi connectivity index (χ3n) is 2.56. The monoisotopic (exact) mass is 339 g/mol. The van der Waals surface area contributed by atoms with E-state index in [1.807, 2.05) is 0 Å². The zero-order valence-corrected chi connectivity index (χ0v) is 11.8. The first-order valence-electron chi connectivity index (χ1n) is 5.56. The number of hydrogen-bond donors (Lipinski definition) is 1. The van der Waals surface area contributed by atoms with Crippen LogP contribution in [0.1, 0.15) is 18.1 Å². The Morgan fingerprint density at radius 2 is 1.88 bits per heavy atom. The van der Waals surface area contributed by atoms with E-state index in [1.165, 1.54) is 11.1 Å². The van der Waals surface area contributed by atoms with Crippen molar-refractivity contribution in [3.05, 3.63) is 51.5 Å². The van der Waals surface area contributed by atoms with Gasteiger partial charge in [-0.25, -0.2) is 9.97 Å². The first-order chi connectivity index (χ1) is 8.29. The summed E-state index contributed by atoms with van der Waals surface area (Å²) in [6.45, 7) is 2.95. The van der Waals surface area contributed by atoms with Gasteiger partial charge in [0.15, 0.2) is 0 Å². The summed E-state index contributed by atoms with van der Waals surface area (Å²) in [6.07, 6.45) is 4.44. The summed E-state index contributed by atoms with van der Waals surface area (Å²) in [5.41, 5.74) is 2.63. The molecule has 0 saturated carbocycles. The van der Waals surface area contributed by atoms with E-state index in [2.05, 4.69) is 69.1 Å². The highest BCUT2D eigenvalue weighted by Crippen LogP contribution is 2.14. The maximum Gasteiger partial charge on any atom is 0.143 e. The van der Waals surface area contributed by atoms with E-state index in [-0.39, 0.29) is 0 Å². The van der Waals surface area contributed by atoms with Crippen LogP contribution < -0.4 is 5.32 Å². The molecule has 0 bridgehead atoms. The summed E-state index contributed by atoms with van der Waals surface area (Å²) in [5, 5.41) is 3.31. The molecule has 0 spiro atoms. The van der Waals surface area contributed by atoms with E-state index in [0.29, 0.717) is 0 Å². The van der Waals surface area contributed by atoms with E-state index in [4.69, 9.17) is 0 Å². The summed E-state index contributed by atoms with van der Waals surface area (Å²) >= 11 is 2.23. The second kappa shape index (κ2) is 5.95. The molecule has 1 aromatic heterocycles. The molecule has 0 aliphatic heterocycles. The van der Waals surface area contributed by atoms with Gasteiger partial charge in [0.05, 0.1) is 3.57 Å². The Kier molecular flexibility index (Phi) is 4.30. The average molecular weight is 339 g/mol. The van der Waals surface area contributed by atoms with Gasteiger partial charge >= 0.3 is 0 Å². The standard InChI is InChI=1S/C13H14IN3/c1-2-10-3-5-11(6-4-10)7-16-13-12(14)8-15-9-17-13/h3-6,8-9H,2,7H2,1H3,(H,15,16,17). The van der Waals surface area contributed by atoms with Gasteiger partial charge in [0.1, 0.15) is 12.1 Å². The molecular formula is C13H14IN3. The molecule has 88 valence electrons. The van der Waals surface area contributed by atoms with Crippen LogP contribution in [0.3, 0.4) is 0 Å². The van der Waals surface area contributed by atoms with Crippen LogP contribution in [0.25, 0.3) is 0 Å². The van der Waals surface area contributed by atoms with Crippen molar-refractivity contribution < 1.29 is 0 Å². The molecule has 0 saturated heterocycles. The van der Waals surface area contributed by atoms with Crippen molar-refractivity contribution >= 4 is 28.4 Å². The van der Waals surface area contributed by atoms with Crippen LogP contribution in [-0.4, -0.2) is 9.97 Å². The second-order valence-electron chi connectivity index (χ2n) is 3.74. The molecule has 17 heavy (non-hydrogen) atoms. The number of anilines is 1. The second-order valence-corrected chi connectivity index (χ2v) is 4.91. The third-order valence-corrected chi connectivity index (χ3v) is 3.35. The number of nitrogens with one attached hydrogen (secondary N) is 1. The van der Waals surface area contributed by atoms with Crippen LogP contribution in [0.5, 0.6) is 0 Å². The van der Waals surface area contributed by atoms with Gasteiger partial charge < -0.3 is 5.32 Å². The molecule has 0 aliphatic carbocycles. The third kappa shape index (κ3) is 3.39. The van der Waals surface area contributed by atoms with Crippen LogP contribution in [-0.2, 0) is 13.0 Å². The van der Waals surface area contributed by atoms with Crippen molar-refractivity contribution in [3.63, 3.8) is 0 Å². The Bertz CT molecular complexity index is 482. The number of rotatable bonds is 4. The highest BCUT2D eigenvalue weighted by atomic mass is 127. The van der Waals surface area contributed by atoms with Crippen LogP contribution in [0.2, 0.25) is 0 Å². The average Bonchev–Trinajstić information content (AvgIpc) is 2.38. The Hall–Kier alpha value is -1.17.